The predicted molar refractivity (Wildman–Crippen MR) is 157 cm³/mol. The first-order chi connectivity index (χ1) is 19.3. The molecule has 0 fully saturated rings. The first kappa shape index (κ1) is 27.3. The van der Waals surface area contributed by atoms with Gasteiger partial charge in [-0.05, 0) is 66.2 Å². The lowest BCUT2D eigenvalue weighted by molar-refractivity contribution is -0.120. The molecule has 0 aliphatic carbocycles. The van der Waals surface area contributed by atoms with Crippen LogP contribution in [0.2, 0.25) is 10.0 Å². The highest BCUT2D eigenvalue weighted by molar-refractivity contribution is 6.54. The molecule has 0 saturated carbocycles. The Morgan fingerprint density at radius 1 is 0.750 bits per heavy atom. The van der Waals surface area contributed by atoms with E-state index in [4.69, 9.17) is 39.5 Å². The molecule has 4 aromatic carbocycles. The van der Waals surface area contributed by atoms with Crippen LogP contribution < -0.4 is 20.3 Å². The van der Waals surface area contributed by atoms with Crippen molar-refractivity contribution in [3.05, 3.63) is 129 Å². The monoisotopic (exact) mass is 591 g/mol. The van der Waals surface area contributed by atoms with Gasteiger partial charge in [0.25, 0.3) is 17.7 Å². The van der Waals surface area contributed by atoms with Crippen molar-refractivity contribution >= 4 is 69.6 Å². The Hall–Kier alpha value is -4.30. The van der Waals surface area contributed by atoms with E-state index in [1.165, 1.54) is 6.07 Å². The van der Waals surface area contributed by atoms with Gasteiger partial charge in [0.2, 0.25) is 0 Å². The molecule has 0 aromatic heterocycles. The van der Waals surface area contributed by atoms with Crippen LogP contribution >= 0.6 is 34.8 Å². The normalized spacial score (nSPS) is 13.0. The minimum absolute atomic E-state index is 0.0568. The Kier molecular flexibility index (Phi) is 8.07. The van der Waals surface area contributed by atoms with E-state index in [-0.39, 0.29) is 32.4 Å². The summed E-state index contributed by atoms with van der Waals surface area (Å²) >= 11 is 18.4. The molecule has 5 rings (SSSR count). The topological polar surface area (TPSA) is 87.7 Å². The highest BCUT2D eigenvalue weighted by Gasteiger charge is 2.40. The van der Waals surface area contributed by atoms with Gasteiger partial charge in [-0.2, -0.15) is 0 Å². The molecule has 1 aliphatic heterocycles. The van der Waals surface area contributed by atoms with E-state index >= 15 is 0 Å². The maximum atomic E-state index is 13.0. The summed E-state index contributed by atoms with van der Waals surface area (Å²) in [5, 5.41) is 5.65. The van der Waals surface area contributed by atoms with Crippen molar-refractivity contribution < 1.29 is 19.1 Å². The molecule has 0 spiro atoms. The van der Waals surface area contributed by atoms with E-state index in [0.717, 1.165) is 10.5 Å². The van der Waals surface area contributed by atoms with Crippen LogP contribution in [0, 0.1) is 0 Å². The fourth-order valence-electron chi connectivity index (χ4n) is 3.92. The second-order valence-corrected chi connectivity index (χ2v) is 9.83. The number of halogens is 3. The molecule has 7 nitrogen and oxygen atoms in total. The Labute approximate surface area is 244 Å². The van der Waals surface area contributed by atoms with Gasteiger partial charge in [-0.15, -0.1) is 0 Å². The van der Waals surface area contributed by atoms with Gasteiger partial charge >= 0.3 is 0 Å². The van der Waals surface area contributed by atoms with Crippen molar-refractivity contribution in [1.29, 1.82) is 0 Å². The fraction of sp³-hybridized carbons (Fsp3) is 0.0333. The molecular formula is C30H20Cl3N3O4. The molecule has 1 heterocycles. The number of anilines is 3. The van der Waals surface area contributed by atoms with Gasteiger partial charge in [-0.1, -0.05) is 71.2 Å². The zero-order valence-electron chi connectivity index (χ0n) is 20.7. The first-order valence-electron chi connectivity index (χ1n) is 12.0. The smallest absolute Gasteiger partial charge is 0.283 e. The summed E-state index contributed by atoms with van der Waals surface area (Å²) in [5.41, 5.74) is 2.51. The number of ether oxygens (including phenoxy) is 1. The number of nitrogens with one attached hydrogen (secondary N) is 2. The second-order valence-electron chi connectivity index (χ2n) is 8.66. The molecule has 0 bridgehead atoms. The predicted octanol–water partition coefficient (Wildman–Crippen LogP) is 7.26. The van der Waals surface area contributed by atoms with E-state index in [1.807, 2.05) is 30.3 Å². The molecule has 2 N–H and O–H groups in total. The molecule has 0 radical (unpaired) electrons. The van der Waals surface area contributed by atoms with Gasteiger partial charge in [0, 0.05) is 16.9 Å². The van der Waals surface area contributed by atoms with E-state index in [1.54, 1.807) is 60.7 Å². The molecule has 4 aromatic rings. The van der Waals surface area contributed by atoms with Crippen LogP contribution in [0.4, 0.5) is 17.1 Å². The first-order valence-corrected chi connectivity index (χ1v) is 13.1. The molecule has 0 atom stereocenters. The lowest BCUT2D eigenvalue weighted by Gasteiger charge is -2.17. The van der Waals surface area contributed by atoms with Crippen molar-refractivity contribution in [3.63, 3.8) is 0 Å². The Morgan fingerprint density at radius 3 is 2.12 bits per heavy atom. The van der Waals surface area contributed by atoms with Crippen LogP contribution in [0.15, 0.2) is 108 Å². The number of carbonyl (C=O) groups is 3. The minimum atomic E-state index is -0.731. The summed E-state index contributed by atoms with van der Waals surface area (Å²) in [6.45, 7) is 0.446. The summed E-state index contributed by atoms with van der Waals surface area (Å²) < 4.78 is 5.78. The average Bonchev–Trinajstić information content (AvgIpc) is 3.18. The summed E-state index contributed by atoms with van der Waals surface area (Å²) in [7, 11) is 0. The van der Waals surface area contributed by atoms with Gasteiger partial charge in [0.1, 0.15) is 23.1 Å². The van der Waals surface area contributed by atoms with Gasteiger partial charge in [0.15, 0.2) is 0 Å². The molecule has 200 valence electrons. The number of hydrogen-bond acceptors (Lipinski definition) is 5. The molecular weight excluding hydrogens is 573 g/mol. The lowest BCUT2D eigenvalue weighted by atomic mass is 10.2. The summed E-state index contributed by atoms with van der Waals surface area (Å²) in [4.78, 5) is 39.4. The Morgan fingerprint density at radius 2 is 1.43 bits per heavy atom. The number of imide groups is 1. The van der Waals surface area contributed by atoms with Crippen LogP contribution in [0.3, 0.4) is 0 Å². The van der Waals surface area contributed by atoms with Gasteiger partial charge in [0.05, 0.1) is 15.7 Å². The van der Waals surface area contributed by atoms with Gasteiger partial charge in [-0.3, -0.25) is 14.4 Å². The van der Waals surface area contributed by atoms with E-state index in [9.17, 15) is 14.4 Å². The molecule has 0 saturated heterocycles. The van der Waals surface area contributed by atoms with Crippen LogP contribution in [-0.4, -0.2) is 17.7 Å². The van der Waals surface area contributed by atoms with E-state index in [2.05, 4.69) is 10.6 Å². The fourth-order valence-corrected chi connectivity index (χ4v) is 4.52. The molecule has 0 unspecified atom stereocenters. The highest BCUT2D eigenvalue weighted by atomic mass is 35.5. The SMILES string of the molecule is O=C(Nc1ccc(OCc2ccccc2)cc1)c1ccc(NC2=C(Cl)C(=O)N(c3cccc(Cl)c3Cl)C2=O)cc1. The zero-order chi connectivity index (χ0) is 28.2. The maximum Gasteiger partial charge on any atom is 0.283 e. The average molecular weight is 593 g/mol. The summed E-state index contributed by atoms with van der Waals surface area (Å²) in [6.07, 6.45) is 0. The third kappa shape index (κ3) is 5.82. The lowest BCUT2D eigenvalue weighted by Crippen LogP contribution is -2.32. The van der Waals surface area contributed by atoms with Gasteiger partial charge < -0.3 is 15.4 Å². The van der Waals surface area contributed by atoms with E-state index in [0.29, 0.717) is 29.3 Å². The van der Waals surface area contributed by atoms with Crippen LogP contribution in [0.25, 0.3) is 0 Å². The third-order valence-corrected chi connectivity index (χ3v) is 7.14. The standard InChI is InChI=1S/C30H20Cl3N3O4/c31-23-7-4-8-24(25(23)32)36-29(38)26(33)27(30(36)39)34-20-11-9-19(10-12-20)28(37)35-21-13-15-22(16-14-21)40-17-18-5-2-1-3-6-18/h1-16,34H,17H2,(H,35,37). The number of amides is 3. The number of hydrogen-bond donors (Lipinski definition) is 2. The zero-order valence-corrected chi connectivity index (χ0v) is 22.9. The molecule has 3 amide bonds. The van der Waals surface area contributed by atoms with Crippen LogP contribution in [-0.2, 0) is 16.2 Å². The quantitative estimate of drug-likeness (QED) is 0.210. The highest BCUT2D eigenvalue weighted by Crippen LogP contribution is 2.37. The van der Waals surface area contributed by atoms with Crippen LogP contribution in [0.1, 0.15) is 15.9 Å². The van der Waals surface area contributed by atoms with Crippen LogP contribution in [0.5, 0.6) is 5.75 Å². The van der Waals surface area contributed by atoms with Crippen molar-refractivity contribution in [2.75, 3.05) is 15.5 Å². The third-order valence-electron chi connectivity index (χ3n) is 5.98. The van der Waals surface area contributed by atoms with E-state index < -0.39 is 11.8 Å². The Balaban J connectivity index is 1.20. The Bertz CT molecular complexity index is 1620. The van der Waals surface area contributed by atoms with Crippen molar-refractivity contribution in [3.8, 4) is 5.75 Å². The summed E-state index contributed by atoms with van der Waals surface area (Å²) in [6, 6.07) is 27.9. The van der Waals surface area contributed by atoms with Crippen molar-refractivity contribution in [2.45, 2.75) is 6.61 Å². The molecule has 10 heteroatoms. The van der Waals surface area contributed by atoms with Crippen molar-refractivity contribution in [2.24, 2.45) is 0 Å². The second kappa shape index (κ2) is 11.8. The maximum absolute atomic E-state index is 13.0. The van der Waals surface area contributed by atoms with Gasteiger partial charge in [-0.25, -0.2) is 4.90 Å². The molecule has 40 heavy (non-hydrogen) atoms. The molecule has 1 aliphatic rings. The minimum Gasteiger partial charge on any atom is -0.489 e. The number of nitrogens with zero attached hydrogens (tertiary/aromatic N) is 1. The summed E-state index contributed by atoms with van der Waals surface area (Å²) in [5.74, 6) is -1.06. The largest absolute Gasteiger partial charge is 0.489 e. The number of benzene rings is 4. The number of rotatable bonds is 8. The number of carbonyl (C=O) groups excluding carboxylic acids is 3. The van der Waals surface area contributed by atoms with Crippen molar-refractivity contribution in [1.82, 2.24) is 0 Å².